The zero-order valence-electron chi connectivity index (χ0n) is 19.4. The normalized spacial score (nSPS) is 18.0. The second-order valence-electron chi connectivity index (χ2n) is 8.31. The number of ether oxygens (including phenoxy) is 1. The summed E-state index contributed by atoms with van der Waals surface area (Å²) in [7, 11) is -3.78. The van der Waals surface area contributed by atoms with Crippen LogP contribution in [0.1, 0.15) is 44.6 Å². The monoisotopic (exact) mass is 475 g/mol. The predicted octanol–water partition coefficient (Wildman–Crippen LogP) is 3.14. The zero-order valence-corrected chi connectivity index (χ0v) is 20.2. The smallest absolute Gasteiger partial charge is 0.337 e. The number of urea groups is 1. The van der Waals surface area contributed by atoms with Crippen molar-refractivity contribution in [3.63, 3.8) is 0 Å². The number of carbonyl (C=O) groups excluding carboxylic acids is 2. The van der Waals surface area contributed by atoms with E-state index in [0.29, 0.717) is 51.1 Å². The Hall–Kier alpha value is -2.65. The van der Waals surface area contributed by atoms with Crippen LogP contribution in [-0.2, 0) is 19.6 Å². The zero-order chi connectivity index (χ0) is 23.8. The summed E-state index contributed by atoms with van der Waals surface area (Å²) in [6.07, 6.45) is 6.46. The van der Waals surface area contributed by atoms with Gasteiger partial charge in [0.25, 0.3) is 5.91 Å². The lowest BCUT2D eigenvalue weighted by Gasteiger charge is -2.31. The number of unbranched alkanes of at least 4 members (excludes halogenated alkanes) is 2. The quantitative estimate of drug-likeness (QED) is 0.581. The molecule has 1 saturated heterocycles. The summed E-state index contributed by atoms with van der Waals surface area (Å²) >= 11 is 0. The molecule has 0 radical (unpaired) electrons. The van der Waals surface area contributed by atoms with Crippen LogP contribution >= 0.6 is 0 Å². The fraction of sp³-hybridized carbons (Fsp3) is 0.500. The molecule has 1 aromatic carbocycles. The highest BCUT2D eigenvalue weighted by Gasteiger charge is 2.32. The predicted molar refractivity (Wildman–Crippen MR) is 128 cm³/mol. The Bertz CT molecular complexity index is 1010. The van der Waals surface area contributed by atoms with Crippen LogP contribution in [0.15, 0.2) is 47.2 Å². The van der Waals surface area contributed by atoms with Crippen LogP contribution in [0.25, 0.3) is 6.08 Å². The van der Waals surface area contributed by atoms with Gasteiger partial charge in [-0.25, -0.2) is 17.5 Å². The molecule has 0 aromatic heterocycles. The minimum atomic E-state index is -3.78. The fourth-order valence-electron chi connectivity index (χ4n) is 4.14. The maximum atomic E-state index is 13.2. The molecule has 1 aliphatic heterocycles. The van der Waals surface area contributed by atoms with Gasteiger partial charge in [0.1, 0.15) is 0 Å². The number of allylic oxidation sites excluding steroid dienone is 1. The van der Waals surface area contributed by atoms with Crippen molar-refractivity contribution in [3.05, 3.63) is 52.7 Å². The van der Waals surface area contributed by atoms with E-state index < -0.39 is 22.0 Å². The molecule has 3 amide bonds. The Morgan fingerprint density at radius 2 is 1.82 bits per heavy atom. The summed E-state index contributed by atoms with van der Waals surface area (Å²) in [4.78, 5) is 28.0. The highest BCUT2D eigenvalue weighted by molar-refractivity contribution is 7.88. The highest BCUT2D eigenvalue weighted by atomic mass is 32.2. The lowest BCUT2D eigenvalue weighted by atomic mass is 10.1. The molecule has 1 aliphatic carbocycles. The second-order valence-corrected chi connectivity index (χ2v) is 10.2. The van der Waals surface area contributed by atoms with Gasteiger partial charge in [0.15, 0.2) is 0 Å². The molecule has 0 spiro atoms. The van der Waals surface area contributed by atoms with Gasteiger partial charge in [-0.2, -0.15) is 0 Å². The largest absolute Gasteiger partial charge is 0.378 e. The van der Waals surface area contributed by atoms with E-state index in [1.165, 1.54) is 0 Å². The molecular formula is C24H33N3O5S. The molecule has 1 N–H and O–H groups in total. The van der Waals surface area contributed by atoms with Crippen molar-refractivity contribution >= 4 is 28.0 Å². The first-order valence-electron chi connectivity index (χ1n) is 11.5. The molecular weight excluding hydrogens is 442 g/mol. The Morgan fingerprint density at radius 3 is 2.45 bits per heavy atom. The van der Waals surface area contributed by atoms with Crippen molar-refractivity contribution in [2.24, 2.45) is 0 Å². The van der Waals surface area contributed by atoms with Crippen molar-refractivity contribution in [3.8, 4) is 0 Å². The lowest BCUT2D eigenvalue weighted by Crippen LogP contribution is -2.46. The van der Waals surface area contributed by atoms with E-state index in [0.717, 1.165) is 40.2 Å². The van der Waals surface area contributed by atoms with Gasteiger partial charge in [0.05, 0.1) is 19.5 Å². The van der Waals surface area contributed by atoms with Crippen molar-refractivity contribution in [2.45, 2.75) is 39.0 Å². The standard InChI is InChI=1S/C24H33N3O5S/c1-3-4-8-13-27(33(2,30)31)24(29)25-23(28)21-12-11-20(18-19-9-6-5-7-10-19)22(21)26-14-16-32-17-15-26/h5-7,9-10,18H,3-4,8,11-17H2,1-2H3,(H,25,28,29). The van der Waals surface area contributed by atoms with Crippen LogP contribution in [-0.4, -0.2) is 68.7 Å². The number of carbonyl (C=O) groups is 2. The Morgan fingerprint density at radius 1 is 1.12 bits per heavy atom. The molecule has 1 heterocycles. The van der Waals surface area contributed by atoms with Gasteiger partial charge in [-0.15, -0.1) is 0 Å². The third-order valence-electron chi connectivity index (χ3n) is 5.79. The van der Waals surface area contributed by atoms with Crippen LogP contribution in [0, 0.1) is 0 Å². The van der Waals surface area contributed by atoms with E-state index in [4.69, 9.17) is 4.74 Å². The number of hydrogen-bond acceptors (Lipinski definition) is 6. The van der Waals surface area contributed by atoms with Gasteiger partial charge in [-0.05, 0) is 36.5 Å². The third kappa shape index (κ3) is 6.68. The third-order valence-corrected chi connectivity index (χ3v) is 6.94. The lowest BCUT2D eigenvalue weighted by molar-refractivity contribution is -0.116. The van der Waals surface area contributed by atoms with Gasteiger partial charge in [-0.1, -0.05) is 50.1 Å². The molecule has 3 rings (SSSR count). The summed E-state index contributed by atoms with van der Waals surface area (Å²) in [5, 5.41) is 2.33. The van der Waals surface area contributed by atoms with Gasteiger partial charge in [-0.3, -0.25) is 10.1 Å². The maximum absolute atomic E-state index is 13.2. The van der Waals surface area contributed by atoms with Crippen molar-refractivity contribution in [2.75, 3.05) is 39.1 Å². The minimum absolute atomic E-state index is 0.0559. The highest BCUT2D eigenvalue weighted by Crippen LogP contribution is 2.36. The van der Waals surface area contributed by atoms with E-state index in [1.807, 2.05) is 37.3 Å². The summed E-state index contributed by atoms with van der Waals surface area (Å²) in [6, 6.07) is 8.99. The first kappa shape index (κ1) is 25.0. The summed E-state index contributed by atoms with van der Waals surface area (Å²) in [5.74, 6) is -0.540. The molecule has 33 heavy (non-hydrogen) atoms. The SMILES string of the molecule is CCCCCN(C(=O)NC(=O)C1=C(N2CCOCC2)C(=Cc2ccccc2)CC1)S(C)(=O)=O. The summed E-state index contributed by atoms with van der Waals surface area (Å²) < 4.78 is 30.5. The number of morpholine rings is 1. The number of rotatable bonds is 8. The average molecular weight is 476 g/mol. The Labute approximate surface area is 196 Å². The number of amides is 3. The summed E-state index contributed by atoms with van der Waals surface area (Å²) in [6.45, 7) is 4.48. The molecule has 1 fully saturated rings. The van der Waals surface area contributed by atoms with Gasteiger partial charge < -0.3 is 9.64 Å². The van der Waals surface area contributed by atoms with E-state index >= 15 is 0 Å². The molecule has 9 heteroatoms. The van der Waals surface area contributed by atoms with Crippen LogP contribution < -0.4 is 5.32 Å². The number of nitrogens with one attached hydrogen (secondary N) is 1. The van der Waals surface area contributed by atoms with E-state index in [2.05, 4.69) is 16.3 Å². The number of benzene rings is 1. The second kappa shape index (κ2) is 11.5. The first-order valence-corrected chi connectivity index (χ1v) is 13.3. The molecule has 1 aromatic rings. The molecule has 0 atom stereocenters. The topological polar surface area (TPSA) is 96.0 Å². The van der Waals surface area contributed by atoms with Gasteiger partial charge in [0, 0.05) is 30.9 Å². The minimum Gasteiger partial charge on any atom is -0.378 e. The van der Waals surface area contributed by atoms with Crippen molar-refractivity contribution in [1.29, 1.82) is 0 Å². The van der Waals surface area contributed by atoms with Crippen LogP contribution in [0.3, 0.4) is 0 Å². The molecule has 8 nitrogen and oxygen atoms in total. The fourth-order valence-corrected chi connectivity index (χ4v) is 4.95. The molecule has 0 bridgehead atoms. The van der Waals surface area contributed by atoms with Crippen LogP contribution in [0.2, 0.25) is 0 Å². The molecule has 180 valence electrons. The van der Waals surface area contributed by atoms with Crippen LogP contribution in [0.4, 0.5) is 4.79 Å². The van der Waals surface area contributed by atoms with E-state index in [-0.39, 0.29) is 6.54 Å². The average Bonchev–Trinajstić information content (AvgIpc) is 3.20. The summed E-state index contributed by atoms with van der Waals surface area (Å²) in [5.41, 5.74) is 3.40. The maximum Gasteiger partial charge on any atom is 0.337 e. The number of imide groups is 1. The van der Waals surface area contributed by atoms with Crippen molar-refractivity contribution < 1.29 is 22.7 Å². The Kier molecular flexibility index (Phi) is 8.68. The van der Waals surface area contributed by atoms with Gasteiger partial charge >= 0.3 is 6.03 Å². The Balaban J connectivity index is 1.86. The molecule has 0 unspecified atom stereocenters. The van der Waals surface area contributed by atoms with E-state index in [1.54, 1.807) is 0 Å². The number of nitrogens with zero attached hydrogens (tertiary/aromatic N) is 2. The van der Waals surface area contributed by atoms with E-state index in [9.17, 15) is 18.0 Å². The molecule has 2 aliphatic rings. The molecule has 0 saturated carbocycles. The first-order chi connectivity index (χ1) is 15.8. The van der Waals surface area contributed by atoms with Crippen LogP contribution in [0.5, 0.6) is 0 Å². The van der Waals surface area contributed by atoms with Crippen molar-refractivity contribution in [1.82, 2.24) is 14.5 Å². The van der Waals surface area contributed by atoms with Gasteiger partial charge in [0.2, 0.25) is 10.0 Å². The number of hydrogen-bond donors (Lipinski definition) is 1. The number of sulfonamides is 1.